The number of piperidine rings is 1. The highest BCUT2D eigenvalue weighted by atomic mass is 32.2. The Morgan fingerprint density at radius 2 is 1.83 bits per heavy atom. The normalized spacial score (nSPS) is 24.7. The second-order valence-electron chi connectivity index (χ2n) is 7.16. The van der Waals surface area contributed by atoms with Crippen molar-refractivity contribution in [1.82, 2.24) is 9.21 Å². The van der Waals surface area contributed by atoms with Crippen LogP contribution in [0, 0.1) is 11.8 Å². The number of carbonyl (C=O) groups is 1. The Kier molecular flexibility index (Phi) is 4.97. The van der Waals surface area contributed by atoms with E-state index in [1.165, 1.54) is 50.2 Å². The lowest BCUT2D eigenvalue weighted by molar-refractivity contribution is 0.0520. The summed E-state index contributed by atoms with van der Waals surface area (Å²) in [7, 11) is -0.525. The molecule has 3 rings (SSSR count). The Hall–Kier alpha value is -1.40. The molecule has 1 amide bonds. The summed E-state index contributed by atoms with van der Waals surface area (Å²) in [6, 6.07) is 6.41. The molecular weight excluding hydrogens is 324 g/mol. The third-order valence-corrected chi connectivity index (χ3v) is 7.25. The first-order chi connectivity index (χ1) is 11.4. The number of nitrogens with zero attached hydrogens (tertiary/aromatic N) is 2. The van der Waals surface area contributed by atoms with E-state index >= 15 is 0 Å². The van der Waals surface area contributed by atoms with Gasteiger partial charge in [0, 0.05) is 32.7 Å². The van der Waals surface area contributed by atoms with E-state index in [1.54, 1.807) is 18.2 Å². The van der Waals surface area contributed by atoms with Crippen molar-refractivity contribution in [1.29, 1.82) is 0 Å². The molecule has 2 aliphatic rings. The van der Waals surface area contributed by atoms with Crippen LogP contribution in [0.1, 0.15) is 42.5 Å². The van der Waals surface area contributed by atoms with Crippen LogP contribution in [0.3, 0.4) is 0 Å². The first kappa shape index (κ1) is 17.4. The highest BCUT2D eigenvalue weighted by Gasteiger charge is 2.33. The van der Waals surface area contributed by atoms with Crippen LogP contribution < -0.4 is 0 Å². The molecular formula is C18H26N2O3S. The van der Waals surface area contributed by atoms with E-state index < -0.39 is 10.0 Å². The summed E-state index contributed by atoms with van der Waals surface area (Å²) in [5.74, 6) is 1.34. The van der Waals surface area contributed by atoms with E-state index in [0.29, 0.717) is 11.5 Å². The van der Waals surface area contributed by atoms with Crippen molar-refractivity contribution < 1.29 is 13.2 Å². The minimum absolute atomic E-state index is 0.0465. The molecule has 2 fully saturated rings. The van der Waals surface area contributed by atoms with Crippen LogP contribution in [0.5, 0.6) is 0 Å². The fraction of sp³-hybridized carbons (Fsp3) is 0.611. The first-order valence-electron chi connectivity index (χ1n) is 8.71. The van der Waals surface area contributed by atoms with Gasteiger partial charge in [-0.1, -0.05) is 25.3 Å². The zero-order chi connectivity index (χ0) is 17.3. The molecule has 2 atom stereocenters. The van der Waals surface area contributed by atoms with Gasteiger partial charge in [-0.05, 0) is 42.9 Å². The SMILES string of the molecule is CN(C)S(=O)(=O)c1cccc(C(=O)N2CC[C@H]3CCCC[C@@H]3C2)c1. The molecule has 1 aliphatic carbocycles. The van der Waals surface area contributed by atoms with Crippen molar-refractivity contribution in [2.45, 2.75) is 37.0 Å². The van der Waals surface area contributed by atoms with Crippen LogP contribution >= 0.6 is 0 Å². The molecule has 1 saturated carbocycles. The molecule has 6 heteroatoms. The van der Waals surface area contributed by atoms with Crippen molar-refractivity contribution in [3.05, 3.63) is 29.8 Å². The van der Waals surface area contributed by atoms with Gasteiger partial charge < -0.3 is 4.90 Å². The third-order valence-electron chi connectivity index (χ3n) is 5.44. The number of benzene rings is 1. The fourth-order valence-electron chi connectivity index (χ4n) is 3.97. The van der Waals surface area contributed by atoms with Crippen LogP contribution in [-0.4, -0.2) is 50.7 Å². The average molecular weight is 350 g/mol. The van der Waals surface area contributed by atoms with Gasteiger partial charge in [-0.25, -0.2) is 12.7 Å². The number of carbonyl (C=O) groups excluding carboxylic acids is 1. The van der Waals surface area contributed by atoms with Gasteiger partial charge in [0.25, 0.3) is 5.91 Å². The van der Waals surface area contributed by atoms with Crippen LogP contribution in [0.25, 0.3) is 0 Å². The standard InChI is InChI=1S/C18H26N2O3S/c1-19(2)24(22,23)17-9-5-8-15(12-17)18(21)20-11-10-14-6-3-4-7-16(14)13-20/h5,8-9,12,14,16H,3-4,6-7,10-11,13H2,1-2H3/t14-,16-/m1/s1. The zero-order valence-electron chi connectivity index (χ0n) is 14.4. The van der Waals surface area contributed by atoms with Crippen molar-refractivity contribution in [3.8, 4) is 0 Å². The summed E-state index contributed by atoms with van der Waals surface area (Å²) in [5.41, 5.74) is 0.465. The van der Waals surface area contributed by atoms with Crippen molar-refractivity contribution in [2.75, 3.05) is 27.2 Å². The van der Waals surface area contributed by atoms with E-state index in [2.05, 4.69) is 0 Å². The molecule has 24 heavy (non-hydrogen) atoms. The summed E-state index contributed by atoms with van der Waals surface area (Å²) in [6.45, 7) is 1.60. The molecule has 0 N–H and O–H groups in total. The highest BCUT2D eigenvalue weighted by Crippen LogP contribution is 2.36. The summed E-state index contributed by atoms with van der Waals surface area (Å²) in [4.78, 5) is 14.9. The molecule has 132 valence electrons. The highest BCUT2D eigenvalue weighted by molar-refractivity contribution is 7.89. The molecule has 5 nitrogen and oxygen atoms in total. The maximum Gasteiger partial charge on any atom is 0.253 e. The number of fused-ring (bicyclic) bond motifs is 1. The van der Waals surface area contributed by atoms with Crippen LogP contribution in [0.4, 0.5) is 0 Å². The lowest BCUT2D eigenvalue weighted by Crippen LogP contribution is -2.44. The lowest BCUT2D eigenvalue weighted by atomic mass is 9.75. The van der Waals surface area contributed by atoms with Crippen molar-refractivity contribution in [3.63, 3.8) is 0 Å². The molecule has 1 aromatic carbocycles. The second-order valence-corrected chi connectivity index (χ2v) is 9.31. The van der Waals surface area contributed by atoms with Gasteiger partial charge in [0.2, 0.25) is 10.0 Å². The molecule has 1 aromatic rings. The van der Waals surface area contributed by atoms with E-state index in [0.717, 1.165) is 25.4 Å². The summed E-state index contributed by atoms with van der Waals surface area (Å²) in [6.07, 6.45) is 6.16. The van der Waals surface area contributed by atoms with Crippen LogP contribution in [0.15, 0.2) is 29.2 Å². The fourth-order valence-corrected chi connectivity index (χ4v) is 4.92. The number of rotatable bonds is 3. The number of likely N-dealkylation sites (tertiary alicyclic amines) is 1. The van der Waals surface area contributed by atoms with Gasteiger partial charge in [0.1, 0.15) is 0 Å². The predicted octanol–water partition coefficient (Wildman–Crippen LogP) is 2.59. The number of hydrogen-bond donors (Lipinski definition) is 0. The predicted molar refractivity (Wildman–Crippen MR) is 93.3 cm³/mol. The maximum absolute atomic E-state index is 12.8. The average Bonchev–Trinajstić information content (AvgIpc) is 2.60. The van der Waals surface area contributed by atoms with E-state index in [-0.39, 0.29) is 10.8 Å². The minimum Gasteiger partial charge on any atom is -0.338 e. The molecule has 0 spiro atoms. The van der Waals surface area contributed by atoms with Crippen molar-refractivity contribution >= 4 is 15.9 Å². The largest absolute Gasteiger partial charge is 0.338 e. The Morgan fingerprint density at radius 3 is 2.54 bits per heavy atom. The van der Waals surface area contributed by atoms with E-state index in [9.17, 15) is 13.2 Å². The first-order valence-corrected chi connectivity index (χ1v) is 10.2. The molecule has 1 saturated heterocycles. The molecule has 1 aliphatic heterocycles. The maximum atomic E-state index is 12.8. The molecule has 1 heterocycles. The molecule has 0 radical (unpaired) electrons. The topological polar surface area (TPSA) is 57.7 Å². The Labute approximate surface area is 144 Å². The summed E-state index contributed by atoms with van der Waals surface area (Å²) >= 11 is 0. The summed E-state index contributed by atoms with van der Waals surface area (Å²) < 4.78 is 25.7. The Morgan fingerprint density at radius 1 is 1.12 bits per heavy atom. The second kappa shape index (κ2) is 6.84. The smallest absolute Gasteiger partial charge is 0.253 e. The van der Waals surface area contributed by atoms with Gasteiger partial charge >= 0.3 is 0 Å². The van der Waals surface area contributed by atoms with Gasteiger partial charge in [-0.15, -0.1) is 0 Å². The van der Waals surface area contributed by atoms with Crippen LogP contribution in [0.2, 0.25) is 0 Å². The van der Waals surface area contributed by atoms with Gasteiger partial charge in [0.15, 0.2) is 0 Å². The number of hydrogen-bond acceptors (Lipinski definition) is 3. The Balaban J connectivity index is 1.78. The zero-order valence-corrected chi connectivity index (χ0v) is 15.3. The van der Waals surface area contributed by atoms with Crippen molar-refractivity contribution in [2.24, 2.45) is 11.8 Å². The van der Waals surface area contributed by atoms with E-state index in [1.807, 2.05) is 4.90 Å². The number of sulfonamides is 1. The molecule has 0 bridgehead atoms. The quantitative estimate of drug-likeness (QED) is 0.842. The molecule has 0 aromatic heterocycles. The summed E-state index contributed by atoms with van der Waals surface area (Å²) in [5, 5.41) is 0. The molecule has 0 unspecified atom stereocenters. The van der Waals surface area contributed by atoms with Gasteiger partial charge in [0.05, 0.1) is 4.90 Å². The van der Waals surface area contributed by atoms with Gasteiger partial charge in [-0.3, -0.25) is 4.79 Å². The number of amides is 1. The monoisotopic (exact) mass is 350 g/mol. The lowest BCUT2D eigenvalue weighted by Gasteiger charge is -2.41. The minimum atomic E-state index is -3.52. The van der Waals surface area contributed by atoms with E-state index in [4.69, 9.17) is 0 Å². The third kappa shape index (κ3) is 3.35. The van der Waals surface area contributed by atoms with Crippen LogP contribution in [-0.2, 0) is 10.0 Å². The van der Waals surface area contributed by atoms with Gasteiger partial charge in [-0.2, -0.15) is 0 Å². The Bertz CT molecular complexity index is 715.